The molecular weight excluding hydrogens is 583 g/mol. The average Bonchev–Trinajstić information content (AvgIpc) is 3.42. The zero-order valence-electron chi connectivity index (χ0n) is 24.1. The molecule has 0 spiro atoms. The van der Waals surface area contributed by atoms with E-state index in [1.807, 2.05) is 18.2 Å². The maximum atomic E-state index is 15.9. The number of methoxy groups -OCH3 is 1. The van der Waals surface area contributed by atoms with E-state index in [9.17, 15) is 14.7 Å². The lowest BCUT2D eigenvalue weighted by Crippen LogP contribution is -2.14. The van der Waals surface area contributed by atoms with Crippen molar-refractivity contribution in [1.82, 2.24) is 9.55 Å². The Bertz CT molecular complexity index is 1860. The van der Waals surface area contributed by atoms with Gasteiger partial charge in [-0.3, -0.25) is 0 Å². The highest BCUT2D eigenvalue weighted by Gasteiger charge is 2.25. The number of ether oxygens (including phenoxy) is 2. The summed E-state index contributed by atoms with van der Waals surface area (Å²) in [6.07, 6.45) is 5.26. The lowest BCUT2D eigenvalue weighted by molar-refractivity contribution is 0.0600. The Morgan fingerprint density at radius 3 is 2.36 bits per heavy atom. The van der Waals surface area contributed by atoms with Crippen LogP contribution in [0.25, 0.3) is 33.5 Å². The Balaban J connectivity index is 1.33. The summed E-state index contributed by atoms with van der Waals surface area (Å²) in [5, 5.41) is 10.1. The number of aromatic carboxylic acids is 1. The van der Waals surface area contributed by atoms with Gasteiger partial charge in [0.15, 0.2) is 0 Å². The lowest BCUT2D eigenvalue weighted by Gasteiger charge is -2.25. The van der Waals surface area contributed by atoms with Gasteiger partial charge in [-0.05, 0) is 84.1 Å². The topological polar surface area (TPSA) is 90.7 Å². The first-order valence-corrected chi connectivity index (χ1v) is 14.9. The zero-order valence-corrected chi connectivity index (χ0v) is 24.8. The zero-order chi connectivity index (χ0) is 30.8. The number of hydrogen-bond acceptors (Lipinski definition) is 5. The molecule has 0 aliphatic heterocycles. The molecule has 0 atom stereocenters. The standard InChI is InChI=1S/C35H30ClFN2O5/c1-43-35(42)23-10-16-32-31(18-23)38-33(39(32)26-5-3-2-4-6-26)29-15-13-27(19-30(29)37)44-20-24-17-22(34(40)41)9-14-28(24)21-7-11-25(36)12-8-21/h7-19,26H,2-6,20H2,1H3,(H,40,41). The molecule has 44 heavy (non-hydrogen) atoms. The summed E-state index contributed by atoms with van der Waals surface area (Å²) in [5.41, 5.74) is 4.55. The number of imidazole rings is 1. The van der Waals surface area contributed by atoms with E-state index in [2.05, 4.69) is 4.57 Å². The predicted molar refractivity (Wildman–Crippen MR) is 167 cm³/mol. The van der Waals surface area contributed by atoms with Crippen molar-refractivity contribution >= 4 is 34.6 Å². The maximum absolute atomic E-state index is 15.9. The van der Waals surface area contributed by atoms with Crippen LogP contribution in [0.4, 0.5) is 4.39 Å². The average molecular weight is 613 g/mol. The van der Waals surface area contributed by atoms with Crippen molar-refractivity contribution in [3.8, 4) is 28.3 Å². The molecule has 1 fully saturated rings. The van der Waals surface area contributed by atoms with Crippen molar-refractivity contribution < 1.29 is 28.6 Å². The van der Waals surface area contributed by atoms with Crippen LogP contribution in [0.15, 0.2) is 78.9 Å². The summed E-state index contributed by atoms with van der Waals surface area (Å²) >= 11 is 6.06. The minimum Gasteiger partial charge on any atom is -0.489 e. The first-order valence-electron chi connectivity index (χ1n) is 14.5. The van der Waals surface area contributed by atoms with Gasteiger partial charge < -0.3 is 19.1 Å². The molecule has 0 bridgehead atoms. The van der Waals surface area contributed by atoms with E-state index in [1.54, 1.807) is 48.5 Å². The van der Waals surface area contributed by atoms with Gasteiger partial charge in [-0.25, -0.2) is 19.0 Å². The largest absolute Gasteiger partial charge is 0.489 e. The molecule has 1 aliphatic rings. The van der Waals surface area contributed by atoms with Crippen molar-refractivity contribution in [3.63, 3.8) is 0 Å². The second-order valence-corrected chi connectivity index (χ2v) is 11.3. The first kappa shape index (κ1) is 29.4. The third-order valence-corrected chi connectivity index (χ3v) is 8.39. The highest BCUT2D eigenvalue weighted by atomic mass is 35.5. The fourth-order valence-electron chi connectivity index (χ4n) is 5.93. The molecular formula is C35H30ClFN2O5. The first-order chi connectivity index (χ1) is 21.3. The summed E-state index contributed by atoms with van der Waals surface area (Å²) in [4.78, 5) is 28.7. The highest BCUT2D eigenvalue weighted by Crippen LogP contribution is 2.38. The normalized spacial score (nSPS) is 13.6. The van der Waals surface area contributed by atoms with E-state index in [1.165, 1.54) is 25.7 Å². The van der Waals surface area contributed by atoms with E-state index >= 15 is 4.39 Å². The second kappa shape index (κ2) is 12.5. The van der Waals surface area contributed by atoms with Crippen LogP contribution in [0, 0.1) is 5.82 Å². The number of fused-ring (bicyclic) bond motifs is 1. The maximum Gasteiger partial charge on any atom is 0.337 e. The van der Waals surface area contributed by atoms with E-state index < -0.39 is 17.8 Å². The number of carbonyl (C=O) groups is 2. The number of esters is 1. The fraction of sp³-hybridized carbons (Fsp3) is 0.229. The van der Waals surface area contributed by atoms with Crippen LogP contribution in [-0.2, 0) is 11.3 Å². The van der Waals surface area contributed by atoms with Crippen LogP contribution < -0.4 is 4.74 Å². The minimum atomic E-state index is -1.05. The quantitative estimate of drug-likeness (QED) is 0.176. The highest BCUT2D eigenvalue weighted by molar-refractivity contribution is 6.30. The molecule has 1 heterocycles. The SMILES string of the molecule is COC(=O)c1ccc2c(c1)nc(-c1ccc(OCc3cc(C(=O)O)ccc3-c3ccc(Cl)cc3)cc1F)n2C1CCCCC1. The van der Waals surface area contributed by atoms with Crippen molar-refractivity contribution in [2.75, 3.05) is 7.11 Å². The van der Waals surface area contributed by atoms with Crippen LogP contribution in [-0.4, -0.2) is 33.7 Å². The third kappa shape index (κ3) is 5.90. The van der Waals surface area contributed by atoms with Gasteiger partial charge in [0.2, 0.25) is 0 Å². The molecule has 0 saturated heterocycles. The predicted octanol–water partition coefficient (Wildman–Crippen LogP) is 8.73. The number of hydrogen-bond donors (Lipinski definition) is 1. The number of rotatable bonds is 8. The number of carbonyl (C=O) groups excluding carboxylic acids is 1. The number of aromatic nitrogens is 2. The number of carboxylic acids is 1. The molecule has 5 aromatic rings. The lowest BCUT2D eigenvalue weighted by atomic mass is 9.94. The Hall–Kier alpha value is -4.69. The third-order valence-electron chi connectivity index (χ3n) is 8.13. The summed E-state index contributed by atoms with van der Waals surface area (Å²) in [6.45, 7) is 0.0226. The molecule has 1 N–H and O–H groups in total. The number of halogens is 2. The van der Waals surface area contributed by atoms with Crippen LogP contribution in [0.1, 0.15) is 64.4 Å². The molecule has 6 rings (SSSR count). The van der Waals surface area contributed by atoms with Gasteiger partial charge in [-0.15, -0.1) is 0 Å². The summed E-state index contributed by atoms with van der Waals surface area (Å²) in [7, 11) is 1.33. The van der Waals surface area contributed by atoms with Gasteiger partial charge in [0, 0.05) is 17.1 Å². The van der Waals surface area contributed by atoms with Gasteiger partial charge in [0.05, 0.1) is 34.8 Å². The molecule has 0 radical (unpaired) electrons. The van der Waals surface area contributed by atoms with Gasteiger partial charge in [-0.1, -0.05) is 49.1 Å². The Morgan fingerprint density at radius 1 is 0.932 bits per heavy atom. The van der Waals surface area contributed by atoms with Crippen LogP contribution in [0.5, 0.6) is 5.75 Å². The fourth-order valence-corrected chi connectivity index (χ4v) is 6.05. The van der Waals surface area contributed by atoms with Gasteiger partial charge >= 0.3 is 11.9 Å². The number of benzene rings is 4. The van der Waals surface area contributed by atoms with Gasteiger partial charge in [0.1, 0.15) is 24.0 Å². The molecule has 9 heteroatoms. The molecule has 1 aliphatic carbocycles. The molecule has 1 aromatic heterocycles. The van der Waals surface area contributed by atoms with E-state index in [-0.39, 0.29) is 18.2 Å². The molecule has 1 saturated carbocycles. The van der Waals surface area contributed by atoms with Gasteiger partial charge in [0.25, 0.3) is 0 Å². The summed E-state index contributed by atoms with van der Waals surface area (Å²) in [5.74, 6) is -1.22. The smallest absolute Gasteiger partial charge is 0.337 e. The van der Waals surface area contributed by atoms with Crippen molar-refractivity contribution in [3.05, 3.63) is 106 Å². The molecule has 224 valence electrons. The second-order valence-electron chi connectivity index (χ2n) is 10.9. The van der Waals surface area contributed by atoms with Crippen LogP contribution >= 0.6 is 11.6 Å². The minimum absolute atomic E-state index is 0.0226. The number of carboxylic acid groups (broad SMARTS) is 1. The van der Waals surface area contributed by atoms with E-state index in [0.717, 1.165) is 42.3 Å². The number of nitrogens with zero attached hydrogens (tertiary/aromatic N) is 2. The monoisotopic (exact) mass is 612 g/mol. The van der Waals surface area contributed by atoms with Crippen LogP contribution in [0.2, 0.25) is 5.02 Å². The Morgan fingerprint density at radius 2 is 1.66 bits per heavy atom. The summed E-state index contributed by atoms with van der Waals surface area (Å²) in [6, 6.07) is 22.1. The Kier molecular flexibility index (Phi) is 8.35. The van der Waals surface area contributed by atoms with E-state index in [0.29, 0.717) is 38.8 Å². The molecule has 0 amide bonds. The van der Waals surface area contributed by atoms with Crippen molar-refractivity contribution in [1.29, 1.82) is 0 Å². The summed E-state index contributed by atoms with van der Waals surface area (Å²) < 4.78 is 28.8. The molecule has 0 unspecified atom stereocenters. The Labute approximate surface area is 258 Å². The van der Waals surface area contributed by atoms with Crippen molar-refractivity contribution in [2.45, 2.75) is 44.8 Å². The molecule has 7 nitrogen and oxygen atoms in total. The van der Waals surface area contributed by atoms with Gasteiger partial charge in [-0.2, -0.15) is 0 Å². The molecule has 4 aromatic carbocycles. The van der Waals surface area contributed by atoms with E-state index in [4.69, 9.17) is 26.1 Å². The van der Waals surface area contributed by atoms with Crippen LogP contribution in [0.3, 0.4) is 0 Å². The van der Waals surface area contributed by atoms with Crippen molar-refractivity contribution in [2.24, 2.45) is 0 Å².